The van der Waals surface area contributed by atoms with Crippen LogP contribution in [-0.4, -0.2) is 61.1 Å². The molecule has 0 aliphatic rings. The maximum atomic E-state index is 12.4. The van der Waals surface area contributed by atoms with Crippen LogP contribution in [0.4, 0.5) is 14.6 Å². The average molecular weight is 273 g/mol. The molecule has 0 saturated carbocycles. The van der Waals surface area contributed by atoms with Crippen LogP contribution in [0.1, 0.15) is 10.4 Å². The van der Waals surface area contributed by atoms with Crippen LogP contribution in [0.25, 0.3) is 0 Å². The molecule has 0 saturated heterocycles. The Labute approximate surface area is 110 Å². The number of hydrogen-bond donors (Lipinski definition) is 1. The Bertz CT molecular complexity index is 410. The molecule has 1 N–H and O–H groups in total. The van der Waals surface area contributed by atoms with Gasteiger partial charge in [-0.1, -0.05) is 0 Å². The first-order chi connectivity index (χ1) is 8.95. The average Bonchev–Trinajstić information content (AvgIpc) is 2.37. The lowest BCUT2D eigenvalue weighted by atomic mass is 10.2. The number of aromatic nitrogens is 1. The molecule has 0 aromatic carbocycles. The summed E-state index contributed by atoms with van der Waals surface area (Å²) in [6.07, 6.45) is -1.29. The zero-order valence-electron chi connectivity index (χ0n) is 10.9. The Kier molecular flexibility index (Phi) is 5.62. The maximum absolute atomic E-state index is 12.4. The van der Waals surface area contributed by atoms with Crippen LogP contribution >= 0.6 is 0 Å². The number of amides is 1. The standard InChI is InChI=1S/C12H17F2N3O2/c1-16(2)11-4-3-9(7-15-11)12(19)17(5-6-18)8-10(13)14/h3-4,7,10,18H,5-6,8H2,1-2H3. The van der Waals surface area contributed by atoms with E-state index in [0.717, 1.165) is 4.90 Å². The van der Waals surface area contributed by atoms with Gasteiger partial charge in [-0.05, 0) is 12.1 Å². The van der Waals surface area contributed by atoms with Gasteiger partial charge in [-0.15, -0.1) is 0 Å². The van der Waals surface area contributed by atoms with Gasteiger partial charge in [0.05, 0.1) is 18.7 Å². The molecule has 1 heterocycles. The summed E-state index contributed by atoms with van der Waals surface area (Å²) >= 11 is 0. The molecule has 0 aliphatic carbocycles. The molecule has 106 valence electrons. The summed E-state index contributed by atoms with van der Waals surface area (Å²) < 4.78 is 24.7. The minimum absolute atomic E-state index is 0.126. The van der Waals surface area contributed by atoms with Gasteiger partial charge in [0.2, 0.25) is 0 Å². The number of pyridine rings is 1. The highest BCUT2D eigenvalue weighted by Gasteiger charge is 2.19. The molecular weight excluding hydrogens is 256 g/mol. The van der Waals surface area contributed by atoms with Crippen LogP contribution in [-0.2, 0) is 0 Å². The molecule has 1 aromatic heterocycles. The van der Waals surface area contributed by atoms with Crippen LogP contribution in [0, 0.1) is 0 Å². The van der Waals surface area contributed by atoms with E-state index in [0.29, 0.717) is 5.82 Å². The van der Waals surface area contributed by atoms with E-state index in [-0.39, 0.29) is 18.7 Å². The predicted octanol–water partition coefficient (Wildman–Crippen LogP) is 0.847. The molecule has 7 heteroatoms. The highest BCUT2D eigenvalue weighted by Crippen LogP contribution is 2.11. The van der Waals surface area contributed by atoms with E-state index in [2.05, 4.69) is 4.98 Å². The zero-order chi connectivity index (χ0) is 14.4. The lowest BCUT2D eigenvalue weighted by molar-refractivity contribution is 0.0509. The second kappa shape index (κ2) is 6.98. The van der Waals surface area contributed by atoms with Gasteiger partial charge >= 0.3 is 0 Å². The molecule has 1 rings (SSSR count). The number of carbonyl (C=O) groups is 1. The van der Waals surface area contributed by atoms with Crippen LogP contribution in [0.15, 0.2) is 18.3 Å². The summed E-state index contributed by atoms with van der Waals surface area (Å²) in [7, 11) is 3.61. The van der Waals surface area contributed by atoms with Crippen molar-refractivity contribution in [3.05, 3.63) is 23.9 Å². The smallest absolute Gasteiger partial charge is 0.255 e. The highest BCUT2D eigenvalue weighted by atomic mass is 19.3. The number of rotatable bonds is 6. The Balaban J connectivity index is 2.83. The van der Waals surface area contributed by atoms with Gasteiger partial charge in [-0.25, -0.2) is 13.8 Å². The summed E-state index contributed by atoms with van der Waals surface area (Å²) in [5.41, 5.74) is 0.222. The summed E-state index contributed by atoms with van der Waals surface area (Å²) in [4.78, 5) is 18.7. The lowest BCUT2D eigenvalue weighted by Crippen LogP contribution is -2.37. The SMILES string of the molecule is CN(C)c1ccc(C(=O)N(CCO)CC(F)F)cn1. The normalized spacial score (nSPS) is 10.6. The van der Waals surface area contributed by atoms with Crippen molar-refractivity contribution in [2.45, 2.75) is 6.43 Å². The molecule has 0 fully saturated rings. The second-order valence-electron chi connectivity index (χ2n) is 4.17. The van der Waals surface area contributed by atoms with Gasteiger partial charge in [0.15, 0.2) is 0 Å². The largest absolute Gasteiger partial charge is 0.395 e. The van der Waals surface area contributed by atoms with Gasteiger partial charge in [0.25, 0.3) is 12.3 Å². The molecule has 1 aromatic rings. The van der Waals surface area contributed by atoms with Gasteiger partial charge < -0.3 is 14.9 Å². The van der Waals surface area contributed by atoms with E-state index in [1.54, 1.807) is 25.1 Å². The number of aliphatic hydroxyl groups excluding tert-OH is 1. The van der Waals surface area contributed by atoms with E-state index in [9.17, 15) is 13.6 Å². The molecule has 0 aliphatic heterocycles. The molecular formula is C12H17F2N3O2. The molecule has 0 atom stereocenters. The lowest BCUT2D eigenvalue weighted by Gasteiger charge is -2.21. The Morgan fingerprint density at radius 3 is 2.53 bits per heavy atom. The topological polar surface area (TPSA) is 56.7 Å². The predicted molar refractivity (Wildman–Crippen MR) is 67.6 cm³/mol. The number of alkyl halides is 2. The fourth-order valence-corrected chi connectivity index (χ4v) is 1.52. The van der Waals surface area contributed by atoms with E-state index in [1.165, 1.54) is 12.3 Å². The molecule has 19 heavy (non-hydrogen) atoms. The maximum Gasteiger partial charge on any atom is 0.255 e. The second-order valence-corrected chi connectivity index (χ2v) is 4.17. The van der Waals surface area contributed by atoms with Crippen molar-refractivity contribution in [2.24, 2.45) is 0 Å². The first-order valence-electron chi connectivity index (χ1n) is 5.77. The number of halogens is 2. The summed E-state index contributed by atoms with van der Waals surface area (Å²) in [5, 5.41) is 8.80. The van der Waals surface area contributed by atoms with Crippen molar-refractivity contribution < 1.29 is 18.7 Å². The van der Waals surface area contributed by atoms with Crippen LogP contribution < -0.4 is 4.90 Å². The van der Waals surface area contributed by atoms with E-state index in [1.807, 2.05) is 0 Å². The monoisotopic (exact) mass is 273 g/mol. The molecule has 0 radical (unpaired) electrons. The highest BCUT2D eigenvalue weighted by molar-refractivity contribution is 5.94. The Morgan fingerprint density at radius 1 is 1.42 bits per heavy atom. The fraction of sp³-hybridized carbons (Fsp3) is 0.500. The summed E-state index contributed by atoms with van der Waals surface area (Å²) in [6.45, 7) is -1.19. The van der Waals surface area contributed by atoms with E-state index < -0.39 is 18.9 Å². The third-order valence-corrected chi connectivity index (χ3v) is 2.47. The quantitative estimate of drug-likeness (QED) is 0.834. The number of anilines is 1. The van der Waals surface area contributed by atoms with E-state index >= 15 is 0 Å². The Hall–Kier alpha value is -1.76. The number of hydrogen-bond acceptors (Lipinski definition) is 4. The van der Waals surface area contributed by atoms with Crippen molar-refractivity contribution in [1.82, 2.24) is 9.88 Å². The van der Waals surface area contributed by atoms with Gasteiger partial charge in [0, 0.05) is 26.8 Å². The molecule has 0 unspecified atom stereocenters. The van der Waals surface area contributed by atoms with Crippen molar-refractivity contribution >= 4 is 11.7 Å². The van der Waals surface area contributed by atoms with Crippen molar-refractivity contribution in [2.75, 3.05) is 38.7 Å². The Morgan fingerprint density at radius 2 is 2.11 bits per heavy atom. The zero-order valence-corrected chi connectivity index (χ0v) is 10.9. The van der Waals surface area contributed by atoms with Crippen LogP contribution in [0.2, 0.25) is 0 Å². The minimum atomic E-state index is -2.63. The number of nitrogens with zero attached hydrogens (tertiary/aromatic N) is 3. The van der Waals surface area contributed by atoms with Gasteiger partial charge in [-0.2, -0.15) is 0 Å². The van der Waals surface area contributed by atoms with Crippen LogP contribution in [0.5, 0.6) is 0 Å². The van der Waals surface area contributed by atoms with Crippen molar-refractivity contribution in [1.29, 1.82) is 0 Å². The van der Waals surface area contributed by atoms with Crippen LogP contribution in [0.3, 0.4) is 0 Å². The number of aliphatic hydroxyl groups is 1. The van der Waals surface area contributed by atoms with Crippen molar-refractivity contribution in [3.8, 4) is 0 Å². The minimum Gasteiger partial charge on any atom is -0.395 e. The van der Waals surface area contributed by atoms with Gasteiger partial charge in [0.1, 0.15) is 5.82 Å². The molecule has 5 nitrogen and oxygen atoms in total. The number of carbonyl (C=O) groups excluding carboxylic acids is 1. The summed E-state index contributed by atoms with van der Waals surface area (Å²) in [6, 6.07) is 3.16. The first kappa shape index (κ1) is 15.3. The molecule has 1 amide bonds. The van der Waals surface area contributed by atoms with Crippen molar-refractivity contribution in [3.63, 3.8) is 0 Å². The fourth-order valence-electron chi connectivity index (χ4n) is 1.52. The molecule has 0 bridgehead atoms. The summed E-state index contributed by atoms with van der Waals surface area (Å²) in [5.74, 6) is 0.103. The van der Waals surface area contributed by atoms with Gasteiger partial charge in [-0.3, -0.25) is 4.79 Å². The molecule has 0 spiro atoms. The first-order valence-corrected chi connectivity index (χ1v) is 5.77. The van der Waals surface area contributed by atoms with E-state index in [4.69, 9.17) is 5.11 Å². The third-order valence-electron chi connectivity index (χ3n) is 2.47. The third kappa shape index (κ3) is 4.44.